The van der Waals surface area contributed by atoms with Gasteiger partial charge in [0, 0.05) is 22.8 Å². The largest absolute Gasteiger partial charge is 0.481 e. The van der Waals surface area contributed by atoms with Gasteiger partial charge in [0.2, 0.25) is 0 Å². The van der Waals surface area contributed by atoms with Crippen LogP contribution in [0.3, 0.4) is 0 Å². The highest BCUT2D eigenvalue weighted by Gasteiger charge is 2.15. The number of aromatic nitrogens is 1. The van der Waals surface area contributed by atoms with E-state index >= 15 is 0 Å². The number of fused-ring (bicyclic) bond motifs is 1. The van der Waals surface area contributed by atoms with Crippen LogP contribution in [0.1, 0.15) is 12.5 Å². The number of aromatic amines is 1. The van der Waals surface area contributed by atoms with Gasteiger partial charge in [0.15, 0.2) is 6.10 Å². The number of hydrogen-bond donors (Lipinski definition) is 3. The van der Waals surface area contributed by atoms with Gasteiger partial charge in [-0.25, -0.2) is 0 Å². The molecule has 3 aromatic rings. The van der Waals surface area contributed by atoms with E-state index in [0.29, 0.717) is 5.75 Å². The second-order valence-electron chi connectivity index (χ2n) is 5.33. The summed E-state index contributed by atoms with van der Waals surface area (Å²) in [6.45, 7) is 1.63. The predicted molar refractivity (Wildman–Crippen MR) is 89.4 cm³/mol. The molecule has 3 rings (SSSR count). The normalized spacial score (nSPS) is 12.1. The van der Waals surface area contributed by atoms with Crippen LogP contribution in [0.2, 0.25) is 0 Å². The summed E-state index contributed by atoms with van der Waals surface area (Å²) in [5.41, 5.74) is 2.49. The molecule has 0 fully saturated rings. The van der Waals surface area contributed by atoms with Crippen LogP contribution >= 0.6 is 0 Å². The van der Waals surface area contributed by atoms with Crippen molar-refractivity contribution in [1.82, 2.24) is 4.98 Å². The predicted octanol–water partition coefficient (Wildman–Crippen LogP) is 3.07. The maximum Gasteiger partial charge on any atom is 0.265 e. The monoisotopic (exact) mass is 310 g/mol. The molecule has 2 aromatic carbocycles. The van der Waals surface area contributed by atoms with Gasteiger partial charge in [0.25, 0.3) is 5.91 Å². The average Bonchev–Trinajstić information content (AvgIpc) is 3.02. The first kappa shape index (κ1) is 15.1. The van der Waals surface area contributed by atoms with Crippen LogP contribution in [0.25, 0.3) is 10.9 Å². The molecule has 5 nitrogen and oxygen atoms in total. The zero-order valence-electron chi connectivity index (χ0n) is 12.7. The summed E-state index contributed by atoms with van der Waals surface area (Å²) in [5, 5.41) is 13.0. The van der Waals surface area contributed by atoms with Gasteiger partial charge in [-0.05, 0) is 48.9 Å². The van der Waals surface area contributed by atoms with E-state index in [4.69, 9.17) is 9.84 Å². The summed E-state index contributed by atoms with van der Waals surface area (Å²) in [6.07, 6.45) is 1.21. The van der Waals surface area contributed by atoms with Gasteiger partial charge in [0.1, 0.15) is 5.75 Å². The molecular weight excluding hydrogens is 292 g/mol. The number of aliphatic hydroxyl groups excluding tert-OH is 1. The van der Waals surface area contributed by atoms with Crippen LogP contribution in [-0.2, 0) is 11.4 Å². The summed E-state index contributed by atoms with van der Waals surface area (Å²) in [7, 11) is 0. The molecule has 0 saturated heterocycles. The second kappa shape index (κ2) is 6.54. The molecule has 0 aliphatic carbocycles. The molecular formula is C18H18N2O3. The number of ether oxygens (including phenoxy) is 1. The molecule has 1 aromatic heterocycles. The number of hydrogen-bond acceptors (Lipinski definition) is 3. The molecule has 0 aliphatic rings. The summed E-state index contributed by atoms with van der Waals surface area (Å²) in [6, 6.07) is 14.7. The van der Waals surface area contributed by atoms with E-state index in [2.05, 4.69) is 10.3 Å². The Balaban J connectivity index is 1.66. The molecule has 0 saturated carbocycles. The lowest BCUT2D eigenvalue weighted by Crippen LogP contribution is -2.30. The fourth-order valence-electron chi connectivity index (χ4n) is 2.35. The first-order valence-corrected chi connectivity index (χ1v) is 7.40. The summed E-state index contributed by atoms with van der Waals surface area (Å²) in [5.74, 6) is 0.328. The zero-order chi connectivity index (χ0) is 16.2. The molecule has 5 heteroatoms. The Bertz CT molecular complexity index is 826. The smallest absolute Gasteiger partial charge is 0.265 e. The van der Waals surface area contributed by atoms with Crippen LogP contribution in [0.5, 0.6) is 5.75 Å². The van der Waals surface area contributed by atoms with Gasteiger partial charge in [-0.15, -0.1) is 0 Å². The third-order valence-corrected chi connectivity index (χ3v) is 3.58. The number of nitrogens with one attached hydrogen (secondary N) is 2. The van der Waals surface area contributed by atoms with Crippen molar-refractivity contribution in [2.24, 2.45) is 0 Å². The van der Waals surface area contributed by atoms with Gasteiger partial charge in [0.05, 0.1) is 6.61 Å². The van der Waals surface area contributed by atoms with Gasteiger partial charge in [-0.3, -0.25) is 4.79 Å². The molecule has 1 unspecified atom stereocenters. The van der Waals surface area contributed by atoms with Crippen LogP contribution in [0.4, 0.5) is 5.69 Å². The zero-order valence-corrected chi connectivity index (χ0v) is 12.7. The highest BCUT2D eigenvalue weighted by Crippen LogP contribution is 2.19. The second-order valence-corrected chi connectivity index (χ2v) is 5.33. The molecule has 1 amide bonds. The van der Waals surface area contributed by atoms with E-state index < -0.39 is 6.10 Å². The molecule has 0 aliphatic heterocycles. The maximum absolute atomic E-state index is 12.3. The minimum Gasteiger partial charge on any atom is -0.481 e. The van der Waals surface area contributed by atoms with Crippen molar-refractivity contribution in [3.05, 3.63) is 60.3 Å². The van der Waals surface area contributed by atoms with Crippen molar-refractivity contribution in [2.45, 2.75) is 19.6 Å². The van der Waals surface area contributed by atoms with E-state index in [1.54, 1.807) is 31.2 Å². The van der Waals surface area contributed by atoms with Gasteiger partial charge < -0.3 is 20.1 Å². The third-order valence-electron chi connectivity index (χ3n) is 3.58. The van der Waals surface area contributed by atoms with Gasteiger partial charge >= 0.3 is 0 Å². The highest BCUT2D eigenvalue weighted by atomic mass is 16.5. The van der Waals surface area contributed by atoms with E-state index in [1.165, 1.54) is 0 Å². The number of carbonyl (C=O) groups is 1. The Morgan fingerprint density at radius 3 is 2.96 bits per heavy atom. The van der Waals surface area contributed by atoms with E-state index in [9.17, 15) is 4.79 Å². The van der Waals surface area contributed by atoms with Gasteiger partial charge in [-0.2, -0.15) is 0 Å². The van der Waals surface area contributed by atoms with Crippen LogP contribution in [0, 0.1) is 0 Å². The molecule has 1 atom stereocenters. The third kappa shape index (κ3) is 3.52. The lowest BCUT2D eigenvalue weighted by atomic mass is 10.2. The van der Waals surface area contributed by atoms with Crippen molar-refractivity contribution in [1.29, 1.82) is 0 Å². The Morgan fingerprint density at radius 2 is 2.13 bits per heavy atom. The maximum atomic E-state index is 12.3. The van der Waals surface area contributed by atoms with E-state index in [1.807, 2.05) is 30.5 Å². The number of amides is 1. The lowest BCUT2D eigenvalue weighted by molar-refractivity contribution is -0.122. The molecule has 0 spiro atoms. The number of rotatable bonds is 5. The van der Waals surface area contributed by atoms with Crippen LogP contribution in [0.15, 0.2) is 54.7 Å². The Hall–Kier alpha value is -2.79. The summed E-state index contributed by atoms with van der Waals surface area (Å²) >= 11 is 0. The van der Waals surface area contributed by atoms with E-state index in [-0.39, 0.29) is 12.5 Å². The van der Waals surface area contributed by atoms with Crippen molar-refractivity contribution < 1.29 is 14.6 Å². The molecule has 0 radical (unpaired) electrons. The number of benzene rings is 2. The van der Waals surface area contributed by atoms with Gasteiger partial charge in [-0.1, -0.05) is 12.1 Å². The molecule has 0 bridgehead atoms. The molecule has 3 N–H and O–H groups in total. The quantitative estimate of drug-likeness (QED) is 0.678. The highest BCUT2D eigenvalue weighted by molar-refractivity contribution is 5.96. The SMILES string of the molecule is CC(Oc1cccc(CO)c1)C(=O)Nc1ccc2[nH]ccc2c1. The first-order valence-electron chi connectivity index (χ1n) is 7.40. The van der Waals surface area contributed by atoms with Crippen molar-refractivity contribution in [2.75, 3.05) is 5.32 Å². The molecule has 1 heterocycles. The fourth-order valence-corrected chi connectivity index (χ4v) is 2.35. The van der Waals surface area contributed by atoms with Crippen LogP contribution < -0.4 is 10.1 Å². The number of carbonyl (C=O) groups excluding carboxylic acids is 1. The minimum atomic E-state index is -0.647. The topological polar surface area (TPSA) is 74.3 Å². The average molecular weight is 310 g/mol. The fraction of sp³-hybridized carbons (Fsp3) is 0.167. The summed E-state index contributed by atoms with van der Waals surface area (Å²) < 4.78 is 5.63. The minimum absolute atomic E-state index is 0.0611. The summed E-state index contributed by atoms with van der Waals surface area (Å²) in [4.78, 5) is 15.4. The number of aliphatic hydroxyl groups is 1. The van der Waals surface area contributed by atoms with E-state index in [0.717, 1.165) is 22.2 Å². The standard InChI is InChI=1S/C18H18N2O3/c1-12(23-16-4-2-3-13(9-16)11-21)18(22)20-15-5-6-17-14(10-15)7-8-19-17/h2-10,12,19,21H,11H2,1H3,(H,20,22). The molecule has 118 valence electrons. The number of H-pyrrole nitrogens is 1. The molecule has 23 heavy (non-hydrogen) atoms. The number of anilines is 1. The lowest BCUT2D eigenvalue weighted by Gasteiger charge is -2.15. The Kier molecular flexibility index (Phi) is 4.30. The Labute approximate surface area is 133 Å². The first-order chi connectivity index (χ1) is 11.2. The van der Waals surface area contributed by atoms with Crippen molar-refractivity contribution in [3.8, 4) is 5.75 Å². The Morgan fingerprint density at radius 1 is 1.26 bits per heavy atom. The van der Waals surface area contributed by atoms with Crippen molar-refractivity contribution >= 4 is 22.5 Å². The van der Waals surface area contributed by atoms with Crippen molar-refractivity contribution in [3.63, 3.8) is 0 Å². The van der Waals surface area contributed by atoms with Crippen LogP contribution in [-0.4, -0.2) is 22.1 Å².